The topological polar surface area (TPSA) is 70.6 Å². The fraction of sp³-hybridized carbons (Fsp3) is 0.588. The molecule has 5 nitrogen and oxygen atoms in total. The third-order valence-electron chi connectivity index (χ3n) is 3.79. The van der Waals surface area contributed by atoms with Crippen LogP contribution in [0.1, 0.15) is 45.1 Å². The Labute approximate surface area is 132 Å². The number of urea groups is 1. The Hall–Kier alpha value is -1.75. The molecule has 0 aliphatic heterocycles. The van der Waals surface area contributed by atoms with Crippen molar-refractivity contribution in [1.82, 2.24) is 10.6 Å². The monoisotopic (exact) mass is 306 g/mol. The van der Waals surface area contributed by atoms with Gasteiger partial charge in [0.2, 0.25) is 0 Å². The number of hydrogen-bond acceptors (Lipinski definition) is 3. The molecule has 3 N–H and O–H groups in total. The summed E-state index contributed by atoms with van der Waals surface area (Å²) in [7, 11) is 0. The zero-order valence-corrected chi connectivity index (χ0v) is 13.3. The third-order valence-corrected chi connectivity index (χ3v) is 3.79. The van der Waals surface area contributed by atoms with Crippen molar-refractivity contribution in [3.05, 3.63) is 29.8 Å². The van der Waals surface area contributed by atoms with E-state index in [1.165, 1.54) is 0 Å². The molecular formula is C17H26N2O3. The molecule has 22 heavy (non-hydrogen) atoms. The van der Waals surface area contributed by atoms with E-state index in [2.05, 4.69) is 10.6 Å². The maximum Gasteiger partial charge on any atom is 0.315 e. The van der Waals surface area contributed by atoms with Crippen LogP contribution >= 0.6 is 0 Å². The lowest BCUT2D eigenvalue weighted by Crippen LogP contribution is -2.48. The molecule has 0 aromatic heterocycles. The first-order chi connectivity index (χ1) is 10.5. The molecule has 1 fully saturated rings. The van der Waals surface area contributed by atoms with E-state index >= 15 is 0 Å². The molecule has 2 rings (SSSR count). The van der Waals surface area contributed by atoms with Gasteiger partial charge in [0.1, 0.15) is 5.75 Å². The summed E-state index contributed by atoms with van der Waals surface area (Å²) in [4.78, 5) is 11.9. The molecule has 122 valence electrons. The van der Waals surface area contributed by atoms with Crippen LogP contribution in [0.2, 0.25) is 0 Å². The van der Waals surface area contributed by atoms with Crippen molar-refractivity contribution >= 4 is 6.03 Å². The first-order valence-electron chi connectivity index (χ1n) is 8.02. The molecule has 0 heterocycles. The predicted octanol–water partition coefficient (Wildman–Crippen LogP) is 2.58. The smallest absolute Gasteiger partial charge is 0.315 e. The molecule has 1 aliphatic carbocycles. The largest absolute Gasteiger partial charge is 0.491 e. The highest BCUT2D eigenvalue weighted by atomic mass is 16.5. The van der Waals surface area contributed by atoms with Crippen LogP contribution in [0.4, 0.5) is 4.79 Å². The Morgan fingerprint density at radius 1 is 1.27 bits per heavy atom. The summed E-state index contributed by atoms with van der Waals surface area (Å²) < 4.78 is 5.58. The summed E-state index contributed by atoms with van der Waals surface area (Å²) in [5.41, 5.74) is 1.01. The molecule has 0 saturated heterocycles. The van der Waals surface area contributed by atoms with Crippen LogP contribution in [0.25, 0.3) is 0 Å². The number of nitrogens with one attached hydrogen (secondary N) is 2. The molecule has 2 atom stereocenters. The van der Waals surface area contributed by atoms with Crippen LogP contribution in [0.3, 0.4) is 0 Å². The fourth-order valence-electron chi connectivity index (χ4n) is 2.64. The first kappa shape index (κ1) is 16.6. The lowest BCUT2D eigenvalue weighted by atomic mass is 9.93. The molecule has 2 unspecified atom stereocenters. The van der Waals surface area contributed by atoms with Gasteiger partial charge in [0.05, 0.1) is 18.2 Å². The molecule has 0 spiro atoms. The second kappa shape index (κ2) is 8.03. The highest BCUT2D eigenvalue weighted by molar-refractivity contribution is 5.74. The minimum atomic E-state index is -0.424. The van der Waals surface area contributed by atoms with Crippen LogP contribution in [0, 0.1) is 0 Å². The minimum absolute atomic E-state index is 0.129. The van der Waals surface area contributed by atoms with Crippen molar-refractivity contribution in [2.75, 3.05) is 0 Å². The molecule has 1 saturated carbocycles. The van der Waals surface area contributed by atoms with E-state index in [0.717, 1.165) is 37.0 Å². The van der Waals surface area contributed by atoms with E-state index in [4.69, 9.17) is 4.74 Å². The van der Waals surface area contributed by atoms with Gasteiger partial charge < -0.3 is 20.5 Å². The summed E-state index contributed by atoms with van der Waals surface area (Å²) in [6.45, 7) is 4.43. The fourth-order valence-corrected chi connectivity index (χ4v) is 2.64. The van der Waals surface area contributed by atoms with Gasteiger partial charge in [0.15, 0.2) is 0 Å². The summed E-state index contributed by atoms with van der Waals surface area (Å²) in [6.07, 6.45) is 3.42. The Balaban J connectivity index is 1.76. The van der Waals surface area contributed by atoms with Gasteiger partial charge in [0, 0.05) is 6.54 Å². The van der Waals surface area contributed by atoms with E-state index in [0.29, 0.717) is 6.54 Å². The van der Waals surface area contributed by atoms with Crippen LogP contribution < -0.4 is 15.4 Å². The Bertz CT molecular complexity index is 473. The minimum Gasteiger partial charge on any atom is -0.491 e. The van der Waals surface area contributed by atoms with Crippen molar-refractivity contribution in [3.63, 3.8) is 0 Å². The first-order valence-corrected chi connectivity index (χ1v) is 8.02. The van der Waals surface area contributed by atoms with Gasteiger partial charge in [-0.2, -0.15) is 0 Å². The molecule has 1 aliphatic rings. The van der Waals surface area contributed by atoms with E-state index in [1.807, 2.05) is 38.1 Å². The second-order valence-electron chi connectivity index (χ2n) is 6.10. The van der Waals surface area contributed by atoms with Gasteiger partial charge in [-0.3, -0.25) is 0 Å². The average Bonchev–Trinajstić information content (AvgIpc) is 2.48. The van der Waals surface area contributed by atoms with Crippen molar-refractivity contribution < 1.29 is 14.6 Å². The van der Waals surface area contributed by atoms with Crippen LogP contribution in [0.5, 0.6) is 5.75 Å². The number of aliphatic hydroxyl groups excluding tert-OH is 1. The van der Waals surface area contributed by atoms with Gasteiger partial charge in [-0.15, -0.1) is 0 Å². The number of aliphatic hydroxyl groups is 1. The zero-order valence-electron chi connectivity index (χ0n) is 13.3. The highest BCUT2D eigenvalue weighted by Gasteiger charge is 2.24. The van der Waals surface area contributed by atoms with E-state index in [9.17, 15) is 9.90 Å². The van der Waals surface area contributed by atoms with Gasteiger partial charge in [-0.25, -0.2) is 4.79 Å². The number of rotatable bonds is 5. The van der Waals surface area contributed by atoms with Gasteiger partial charge in [0.25, 0.3) is 0 Å². The molecule has 2 amide bonds. The van der Waals surface area contributed by atoms with Crippen LogP contribution in [0.15, 0.2) is 24.3 Å². The predicted molar refractivity (Wildman–Crippen MR) is 85.8 cm³/mol. The molecule has 0 radical (unpaired) electrons. The van der Waals surface area contributed by atoms with Crippen molar-refractivity contribution in [2.24, 2.45) is 0 Å². The normalized spacial score (nSPS) is 21.5. The van der Waals surface area contributed by atoms with E-state index in [-0.39, 0.29) is 18.2 Å². The standard InChI is InChI=1S/C17H26N2O3/c1-12(2)22-14-9-7-13(8-10-14)11-18-17(21)19-15-5-3-4-6-16(15)20/h7-10,12,15-16,20H,3-6,11H2,1-2H3,(H2,18,19,21). The quantitative estimate of drug-likeness (QED) is 0.783. The lowest BCUT2D eigenvalue weighted by molar-refractivity contribution is 0.0943. The van der Waals surface area contributed by atoms with E-state index in [1.54, 1.807) is 0 Å². The summed E-state index contributed by atoms with van der Waals surface area (Å²) in [5, 5.41) is 15.5. The third kappa shape index (κ3) is 5.22. The molecule has 0 bridgehead atoms. The summed E-state index contributed by atoms with van der Waals surface area (Å²) in [6, 6.07) is 7.32. The number of ether oxygens (including phenoxy) is 1. The van der Waals surface area contributed by atoms with Crippen LogP contribution in [-0.4, -0.2) is 29.4 Å². The van der Waals surface area contributed by atoms with Crippen molar-refractivity contribution in [1.29, 1.82) is 0 Å². The maximum absolute atomic E-state index is 11.9. The number of amides is 2. The van der Waals surface area contributed by atoms with Gasteiger partial charge in [-0.1, -0.05) is 25.0 Å². The second-order valence-corrected chi connectivity index (χ2v) is 6.10. The molecular weight excluding hydrogens is 280 g/mol. The zero-order chi connectivity index (χ0) is 15.9. The number of hydrogen-bond donors (Lipinski definition) is 3. The Morgan fingerprint density at radius 3 is 2.59 bits per heavy atom. The summed E-state index contributed by atoms with van der Waals surface area (Å²) >= 11 is 0. The van der Waals surface area contributed by atoms with Crippen LogP contribution in [-0.2, 0) is 6.54 Å². The Kier molecular flexibility index (Phi) is 6.07. The van der Waals surface area contributed by atoms with Crippen molar-refractivity contribution in [3.8, 4) is 5.75 Å². The Morgan fingerprint density at radius 2 is 1.95 bits per heavy atom. The number of carbonyl (C=O) groups is 1. The van der Waals surface area contributed by atoms with Gasteiger partial charge >= 0.3 is 6.03 Å². The number of carbonyl (C=O) groups excluding carboxylic acids is 1. The van der Waals surface area contributed by atoms with Crippen molar-refractivity contribution in [2.45, 2.75) is 64.3 Å². The molecule has 1 aromatic carbocycles. The van der Waals surface area contributed by atoms with E-state index < -0.39 is 6.10 Å². The maximum atomic E-state index is 11.9. The molecule has 5 heteroatoms. The number of benzene rings is 1. The van der Waals surface area contributed by atoms with Gasteiger partial charge in [-0.05, 0) is 44.4 Å². The average molecular weight is 306 g/mol. The highest BCUT2D eigenvalue weighted by Crippen LogP contribution is 2.18. The lowest BCUT2D eigenvalue weighted by Gasteiger charge is -2.28. The SMILES string of the molecule is CC(C)Oc1ccc(CNC(=O)NC2CCCCC2O)cc1. The molecule has 1 aromatic rings. The summed E-state index contributed by atoms with van der Waals surface area (Å²) in [5.74, 6) is 0.827.